The third-order valence-corrected chi connectivity index (χ3v) is 6.05. The number of carbonyl (C=O) groups excluding carboxylic acids is 2. The Labute approximate surface area is 209 Å². The maximum Gasteiger partial charge on any atom is 0.226 e. The van der Waals surface area contributed by atoms with Crippen molar-refractivity contribution < 1.29 is 9.59 Å². The molecule has 1 aliphatic carbocycles. The molecule has 8 heteroatoms. The highest BCUT2D eigenvalue weighted by Crippen LogP contribution is 2.27. The number of likely N-dealkylation sites (tertiary alicyclic amines) is 1. The number of benzene rings is 1. The summed E-state index contributed by atoms with van der Waals surface area (Å²) in [6, 6.07) is 8.03. The van der Waals surface area contributed by atoms with Crippen LogP contribution in [0.5, 0.6) is 0 Å². The van der Waals surface area contributed by atoms with Gasteiger partial charge in [-0.15, -0.1) is 24.0 Å². The smallest absolute Gasteiger partial charge is 0.226 e. The van der Waals surface area contributed by atoms with Gasteiger partial charge in [0.05, 0.1) is 6.54 Å². The molecule has 1 aromatic rings. The maximum absolute atomic E-state index is 12.7. The number of amides is 2. The van der Waals surface area contributed by atoms with Crippen LogP contribution in [0, 0.1) is 11.8 Å². The van der Waals surface area contributed by atoms with Gasteiger partial charge in [0.25, 0.3) is 0 Å². The number of nitrogens with one attached hydrogen (secondary N) is 3. The first-order chi connectivity index (χ1) is 15.0. The van der Waals surface area contributed by atoms with E-state index in [1.165, 1.54) is 12.8 Å². The molecule has 1 atom stereocenters. The number of halogens is 1. The van der Waals surface area contributed by atoms with Gasteiger partial charge in [-0.05, 0) is 43.9 Å². The topological polar surface area (TPSA) is 85.8 Å². The quantitative estimate of drug-likeness (QED) is 0.272. The van der Waals surface area contributed by atoms with E-state index >= 15 is 0 Å². The molecule has 1 saturated heterocycles. The minimum Gasteiger partial charge on any atom is -0.357 e. The van der Waals surface area contributed by atoms with Crippen molar-refractivity contribution in [2.24, 2.45) is 16.8 Å². The Morgan fingerprint density at radius 1 is 1.12 bits per heavy atom. The summed E-state index contributed by atoms with van der Waals surface area (Å²) in [4.78, 5) is 31.2. The molecule has 178 valence electrons. The number of aliphatic imine (C=N–C) groups is 1. The SMILES string of the molecule is CCNC(=NCc1ccc(NC(=O)C(C)C)cc1)NC1CCN(C(=O)C2CCCC2)C1.I. The van der Waals surface area contributed by atoms with Crippen molar-refractivity contribution in [1.29, 1.82) is 0 Å². The summed E-state index contributed by atoms with van der Waals surface area (Å²) >= 11 is 0. The number of carbonyl (C=O) groups is 2. The molecule has 0 bridgehead atoms. The molecule has 0 aromatic heterocycles. The van der Waals surface area contributed by atoms with Crippen LogP contribution in [0.2, 0.25) is 0 Å². The third-order valence-electron chi connectivity index (χ3n) is 6.05. The van der Waals surface area contributed by atoms with E-state index in [-0.39, 0.29) is 47.8 Å². The third kappa shape index (κ3) is 7.64. The van der Waals surface area contributed by atoms with E-state index in [4.69, 9.17) is 4.99 Å². The summed E-state index contributed by atoms with van der Waals surface area (Å²) in [5.74, 6) is 1.33. The minimum absolute atomic E-state index is 0. The fourth-order valence-electron chi connectivity index (χ4n) is 4.17. The first-order valence-electron chi connectivity index (χ1n) is 11.7. The minimum atomic E-state index is -0.0435. The fraction of sp³-hybridized carbons (Fsp3) is 0.625. The molecule has 2 fully saturated rings. The van der Waals surface area contributed by atoms with Gasteiger partial charge < -0.3 is 20.9 Å². The molecule has 2 aliphatic rings. The monoisotopic (exact) mass is 555 g/mol. The predicted molar refractivity (Wildman–Crippen MR) is 140 cm³/mol. The Hall–Kier alpha value is -1.84. The first kappa shape index (κ1) is 26.4. The average Bonchev–Trinajstić information content (AvgIpc) is 3.45. The number of anilines is 1. The summed E-state index contributed by atoms with van der Waals surface area (Å²) in [5, 5.41) is 9.71. The van der Waals surface area contributed by atoms with Crippen LogP contribution in [0.1, 0.15) is 58.4 Å². The van der Waals surface area contributed by atoms with Gasteiger partial charge in [-0.25, -0.2) is 4.99 Å². The highest BCUT2D eigenvalue weighted by atomic mass is 127. The van der Waals surface area contributed by atoms with Crippen LogP contribution in [0.15, 0.2) is 29.3 Å². The summed E-state index contributed by atoms with van der Waals surface area (Å²) in [6.45, 7) is 8.71. The van der Waals surface area contributed by atoms with Crippen LogP contribution < -0.4 is 16.0 Å². The van der Waals surface area contributed by atoms with E-state index in [1.54, 1.807) is 0 Å². The Bertz CT molecular complexity index is 775. The molecule has 3 N–H and O–H groups in total. The molecule has 1 heterocycles. The molecule has 0 spiro atoms. The number of hydrogen-bond acceptors (Lipinski definition) is 3. The van der Waals surface area contributed by atoms with Gasteiger partial charge in [0.15, 0.2) is 5.96 Å². The standard InChI is InChI=1S/C24H37N5O2.HI/c1-4-25-24(26-15-18-9-11-20(12-10-18)27-22(30)17(2)3)28-21-13-14-29(16-21)23(31)19-7-5-6-8-19;/h9-12,17,19,21H,4-8,13-16H2,1-3H3,(H,27,30)(H2,25,26,28);1H. The Kier molecular flexibility index (Phi) is 10.7. The lowest BCUT2D eigenvalue weighted by atomic mass is 10.1. The van der Waals surface area contributed by atoms with E-state index in [0.717, 1.165) is 56.1 Å². The first-order valence-corrected chi connectivity index (χ1v) is 11.7. The lowest BCUT2D eigenvalue weighted by Gasteiger charge is -2.21. The van der Waals surface area contributed by atoms with Gasteiger partial charge in [-0.3, -0.25) is 9.59 Å². The van der Waals surface area contributed by atoms with E-state index in [0.29, 0.717) is 12.5 Å². The van der Waals surface area contributed by atoms with Crippen LogP contribution in [0.25, 0.3) is 0 Å². The second-order valence-corrected chi connectivity index (χ2v) is 8.93. The molecular weight excluding hydrogens is 517 g/mol. The second-order valence-electron chi connectivity index (χ2n) is 8.93. The van der Waals surface area contributed by atoms with Crippen LogP contribution >= 0.6 is 24.0 Å². The van der Waals surface area contributed by atoms with Crippen molar-refractivity contribution in [2.75, 3.05) is 25.0 Å². The largest absolute Gasteiger partial charge is 0.357 e. The predicted octanol–water partition coefficient (Wildman–Crippen LogP) is 3.75. The number of rotatable bonds is 7. The van der Waals surface area contributed by atoms with E-state index < -0.39 is 0 Å². The Morgan fingerprint density at radius 2 is 1.81 bits per heavy atom. The molecule has 1 saturated carbocycles. The van der Waals surface area contributed by atoms with Crippen molar-refractivity contribution in [3.05, 3.63) is 29.8 Å². The summed E-state index contributed by atoms with van der Waals surface area (Å²) in [6.07, 6.45) is 5.44. The van der Waals surface area contributed by atoms with Gasteiger partial charge in [0.2, 0.25) is 11.8 Å². The maximum atomic E-state index is 12.7. The Balaban J connectivity index is 0.00000363. The zero-order valence-electron chi connectivity index (χ0n) is 19.5. The average molecular weight is 556 g/mol. The molecule has 1 aliphatic heterocycles. The van der Waals surface area contributed by atoms with Crippen molar-refractivity contribution in [1.82, 2.24) is 15.5 Å². The Morgan fingerprint density at radius 3 is 2.44 bits per heavy atom. The number of hydrogen-bond donors (Lipinski definition) is 3. The molecule has 1 unspecified atom stereocenters. The highest BCUT2D eigenvalue weighted by Gasteiger charge is 2.32. The van der Waals surface area contributed by atoms with Gasteiger partial charge in [0.1, 0.15) is 0 Å². The molecule has 2 amide bonds. The van der Waals surface area contributed by atoms with Crippen LogP contribution in [-0.2, 0) is 16.1 Å². The fourth-order valence-corrected chi connectivity index (χ4v) is 4.17. The molecule has 32 heavy (non-hydrogen) atoms. The van der Waals surface area contributed by atoms with E-state index in [9.17, 15) is 9.59 Å². The molecule has 0 radical (unpaired) electrons. The molecule has 1 aromatic carbocycles. The van der Waals surface area contributed by atoms with Gasteiger partial charge in [-0.2, -0.15) is 0 Å². The molecule has 3 rings (SSSR count). The van der Waals surface area contributed by atoms with E-state index in [1.807, 2.05) is 49.9 Å². The van der Waals surface area contributed by atoms with Crippen LogP contribution in [0.3, 0.4) is 0 Å². The summed E-state index contributed by atoms with van der Waals surface area (Å²) < 4.78 is 0. The normalized spacial score (nSPS) is 19.1. The second kappa shape index (κ2) is 13.0. The summed E-state index contributed by atoms with van der Waals surface area (Å²) in [5.41, 5.74) is 1.87. The van der Waals surface area contributed by atoms with Crippen LogP contribution in [-0.4, -0.2) is 48.3 Å². The van der Waals surface area contributed by atoms with Crippen molar-refractivity contribution in [2.45, 2.75) is 65.5 Å². The number of guanidine groups is 1. The van der Waals surface area contributed by atoms with Gasteiger partial charge in [-0.1, -0.05) is 38.8 Å². The van der Waals surface area contributed by atoms with Gasteiger partial charge in [0, 0.05) is 43.2 Å². The van der Waals surface area contributed by atoms with E-state index in [2.05, 4.69) is 16.0 Å². The highest BCUT2D eigenvalue weighted by molar-refractivity contribution is 14.0. The number of nitrogens with zero attached hydrogens (tertiary/aromatic N) is 2. The molecule has 7 nitrogen and oxygen atoms in total. The van der Waals surface area contributed by atoms with Crippen molar-refractivity contribution in [3.63, 3.8) is 0 Å². The van der Waals surface area contributed by atoms with Crippen molar-refractivity contribution >= 4 is 47.4 Å². The van der Waals surface area contributed by atoms with Gasteiger partial charge >= 0.3 is 0 Å². The lowest BCUT2D eigenvalue weighted by molar-refractivity contribution is -0.134. The lowest BCUT2D eigenvalue weighted by Crippen LogP contribution is -2.45. The zero-order chi connectivity index (χ0) is 22.2. The summed E-state index contributed by atoms with van der Waals surface area (Å²) in [7, 11) is 0. The zero-order valence-corrected chi connectivity index (χ0v) is 21.9. The van der Waals surface area contributed by atoms with Crippen LogP contribution in [0.4, 0.5) is 5.69 Å². The molecular formula is C24H38IN5O2. The van der Waals surface area contributed by atoms with Crippen molar-refractivity contribution in [3.8, 4) is 0 Å².